The van der Waals surface area contributed by atoms with E-state index in [9.17, 15) is 13.6 Å². The Bertz CT molecular complexity index is 1090. The van der Waals surface area contributed by atoms with E-state index in [4.69, 9.17) is 4.74 Å². The van der Waals surface area contributed by atoms with Crippen LogP contribution in [0.1, 0.15) is 17.5 Å². The highest BCUT2D eigenvalue weighted by atomic mass is 32.2. The predicted molar refractivity (Wildman–Crippen MR) is 126 cm³/mol. The largest absolute Gasteiger partial charge is 0.496 e. The van der Waals surface area contributed by atoms with Gasteiger partial charge in [0.05, 0.1) is 13.2 Å². The van der Waals surface area contributed by atoms with E-state index in [0.717, 1.165) is 16.2 Å². The van der Waals surface area contributed by atoms with Gasteiger partial charge in [-0.2, -0.15) is 0 Å². The van der Waals surface area contributed by atoms with Crippen LogP contribution in [0.3, 0.4) is 0 Å². The number of halogens is 2. The van der Waals surface area contributed by atoms with Crippen molar-refractivity contribution in [3.63, 3.8) is 0 Å². The standard InChI is InChI=1S/C26H26F2N2O2S/c1-32-25-9-5-3-6-18(25)15-29-26(31)24-14-22(33-21-12-10-20(27)11-13-21)17-30(24)16-19-7-2-4-8-23(19)28/h2-13,22,24H,14-17H2,1H3,(H,29,31)/t22-,24+/m1/s1. The van der Waals surface area contributed by atoms with Crippen LogP contribution in [0.2, 0.25) is 0 Å². The molecule has 1 N–H and O–H groups in total. The van der Waals surface area contributed by atoms with Gasteiger partial charge in [-0.25, -0.2) is 8.78 Å². The van der Waals surface area contributed by atoms with E-state index in [1.54, 1.807) is 49.2 Å². The van der Waals surface area contributed by atoms with Crippen molar-refractivity contribution in [2.24, 2.45) is 0 Å². The maximum Gasteiger partial charge on any atom is 0.237 e. The van der Waals surface area contributed by atoms with Crippen LogP contribution >= 0.6 is 11.8 Å². The fraction of sp³-hybridized carbons (Fsp3) is 0.269. The van der Waals surface area contributed by atoms with Crippen molar-refractivity contribution < 1.29 is 18.3 Å². The fourth-order valence-electron chi connectivity index (χ4n) is 4.09. The number of carbonyl (C=O) groups excluding carboxylic acids is 1. The Morgan fingerprint density at radius 3 is 2.45 bits per heavy atom. The molecule has 3 aromatic carbocycles. The second-order valence-corrected chi connectivity index (χ2v) is 9.37. The summed E-state index contributed by atoms with van der Waals surface area (Å²) >= 11 is 1.62. The topological polar surface area (TPSA) is 41.6 Å². The third-order valence-corrected chi connectivity index (χ3v) is 6.98. The highest BCUT2D eigenvalue weighted by molar-refractivity contribution is 8.00. The van der Waals surface area contributed by atoms with Gasteiger partial charge in [-0.05, 0) is 42.8 Å². The second kappa shape index (κ2) is 10.8. The van der Waals surface area contributed by atoms with Crippen LogP contribution in [-0.4, -0.2) is 35.8 Å². The third kappa shape index (κ3) is 5.92. The molecule has 0 bridgehead atoms. The SMILES string of the molecule is COc1ccccc1CNC(=O)[C@@H]1C[C@@H](Sc2ccc(F)cc2)CN1Cc1ccccc1F. The highest BCUT2D eigenvalue weighted by Crippen LogP contribution is 2.34. The smallest absolute Gasteiger partial charge is 0.237 e. The predicted octanol–water partition coefficient (Wildman–Crippen LogP) is 5.03. The van der Waals surface area contributed by atoms with Crippen LogP contribution in [-0.2, 0) is 17.9 Å². The Kier molecular flexibility index (Phi) is 7.62. The first kappa shape index (κ1) is 23.3. The number of methoxy groups -OCH3 is 1. The molecule has 0 aliphatic carbocycles. The molecule has 1 heterocycles. The minimum absolute atomic E-state index is 0.0977. The molecule has 3 aromatic rings. The average Bonchev–Trinajstić information content (AvgIpc) is 3.23. The van der Waals surface area contributed by atoms with Crippen molar-refractivity contribution in [2.45, 2.75) is 35.7 Å². The van der Waals surface area contributed by atoms with Crippen molar-refractivity contribution in [1.82, 2.24) is 10.2 Å². The molecule has 4 rings (SSSR count). The molecule has 1 saturated heterocycles. The molecule has 0 radical (unpaired) electrons. The molecular weight excluding hydrogens is 442 g/mol. The van der Waals surface area contributed by atoms with Gasteiger partial charge in [-0.15, -0.1) is 11.8 Å². The fourth-order valence-corrected chi connectivity index (χ4v) is 5.32. The van der Waals surface area contributed by atoms with Crippen molar-refractivity contribution in [3.8, 4) is 5.75 Å². The third-order valence-electron chi connectivity index (χ3n) is 5.76. The number of thioether (sulfide) groups is 1. The molecule has 4 nitrogen and oxygen atoms in total. The van der Waals surface area contributed by atoms with E-state index >= 15 is 0 Å². The average molecular weight is 469 g/mol. The van der Waals surface area contributed by atoms with Crippen LogP contribution in [0, 0.1) is 11.6 Å². The van der Waals surface area contributed by atoms with Gasteiger partial charge in [0.25, 0.3) is 0 Å². The van der Waals surface area contributed by atoms with Gasteiger partial charge in [0, 0.05) is 40.9 Å². The Morgan fingerprint density at radius 1 is 1.03 bits per heavy atom. The summed E-state index contributed by atoms with van der Waals surface area (Å²) in [5.74, 6) is 0.0671. The lowest BCUT2D eigenvalue weighted by Gasteiger charge is -2.24. The lowest BCUT2D eigenvalue weighted by Crippen LogP contribution is -2.42. The van der Waals surface area contributed by atoms with Crippen molar-refractivity contribution in [2.75, 3.05) is 13.7 Å². The number of likely N-dealkylation sites (tertiary alicyclic amines) is 1. The highest BCUT2D eigenvalue weighted by Gasteiger charge is 2.37. The van der Waals surface area contributed by atoms with Gasteiger partial charge in [0.2, 0.25) is 5.91 Å². The zero-order valence-electron chi connectivity index (χ0n) is 18.3. The van der Waals surface area contributed by atoms with E-state index in [0.29, 0.717) is 31.6 Å². The second-order valence-electron chi connectivity index (χ2n) is 8.00. The number of nitrogens with zero attached hydrogens (tertiary/aromatic N) is 1. The molecule has 1 aliphatic rings. The number of amides is 1. The molecule has 0 saturated carbocycles. The number of rotatable bonds is 8. The molecule has 1 amide bonds. The van der Waals surface area contributed by atoms with Gasteiger partial charge in [-0.1, -0.05) is 36.4 Å². The summed E-state index contributed by atoms with van der Waals surface area (Å²) < 4.78 is 33.0. The summed E-state index contributed by atoms with van der Waals surface area (Å²) in [7, 11) is 1.60. The Hall–Kier alpha value is -2.90. The minimum Gasteiger partial charge on any atom is -0.496 e. The zero-order chi connectivity index (χ0) is 23.2. The van der Waals surface area contributed by atoms with Crippen LogP contribution in [0.25, 0.3) is 0 Å². The van der Waals surface area contributed by atoms with Gasteiger partial charge in [-0.3, -0.25) is 9.69 Å². The van der Waals surface area contributed by atoms with E-state index in [1.807, 2.05) is 29.2 Å². The van der Waals surface area contributed by atoms with Gasteiger partial charge < -0.3 is 10.1 Å². The minimum atomic E-state index is -0.391. The summed E-state index contributed by atoms with van der Waals surface area (Å²) in [4.78, 5) is 16.2. The number of carbonyl (C=O) groups is 1. The summed E-state index contributed by atoms with van der Waals surface area (Å²) in [5, 5.41) is 3.15. The van der Waals surface area contributed by atoms with Crippen LogP contribution in [0.15, 0.2) is 77.7 Å². The lowest BCUT2D eigenvalue weighted by molar-refractivity contribution is -0.125. The number of para-hydroxylation sites is 1. The number of benzene rings is 3. The van der Waals surface area contributed by atoms with E-state index < -0.39 is 6.04 Å². The van der Waals surface area contributed by atoms with Crippen LogP contribution < -0.4 is 10.1 Å². The number of hydrogen-bond donors (Lipinski definition) is 1. The Labute approximate surface area is 196 Å². The van der Waals surface area contributed by atoms with E-state index in [2.05, 4.69) is 5.32 Å². The van der Waals surface area contributed by atoms with Crippen LogP contribution in [0.5, 0.6) is 5.75 Å². The number of hydrogen-bond acceptors (Lipinski definition) is 4. The summed E-state index contributed by atoms with van der Waals surface area (Å²) in [6.45, 7) is 1.33. The molecular formula is C26H26F2N2O2S. The molecule has 0 spiro atoms. The Morgan fingerprint density at radius 2 is 1.73 bits per heavy atom. The molecule has 0 unspecified atom stereocenters. The molecule has 2 atom stereocenters. The molecule has 1 fully saturated rings. The lowest BCUT2D eigenvalue weighted by atomic mass is 10.1. The summed E-state index contributed by atoms with van der Waals surface area (Å²) in [5.41, 5.74) is 1.46. The first-order valence-electron chi connectivity index (χ1n) is 10.8. The van der Waals surface area contributed by atoms with Crippen molar-refractivity contribution in [3.05, 3.63) is 95.6 Å². The van der Waals surface area contributed by atoms with Crippen molar-refractivity contribution >= 4 is 17.7 Å². The number of ether oxygens (including phenoxy) is 1. The van der Waals surface area contributed by atoms with Crippen molar-refractivity contribution in [1.29, 1.82) is 0 Å². The van der Waals surface area contributed by atoms with Gasteiger partial charge >= 0.3 is 0 Å². The molecule has 33 heavy (non-hydrogen) atoms. The van der Waals surface area contributed by atoms with Gasteiger partial charge in [0.1, 0.15) is 17.4 Å². The maximum atomic E-state index is 14.3. The molecule has 1 aliphatic heterocycles. The maximum absolute atomic E-state index is 14.3. The first-order valence-corrected chi connectivity index (χ1v) is 11.7. The first-order chi connectivity index (χ1) is 16.0. The monoisotopic (exact) mass is 468 g/mol. The normalized spacial score (nSPS) is 18.3. The van der Waals surface area contributed by atoms with Crippen LogP contribution in [0.4, 0.5) is 8.78 Å². The molecule has 7 heteroatoms. The summed E-state index contributed by atoms with van der Waals surface area (Å²) in [6.07, 6.45) is 0.619. The van der Waals surface area contributed by atoms with Gasteiger partial charge in [0.15, 0.2) is 0 Å². The molecule has 172 valence electrons. The quantitative estimate of drug-likeness (QED) is 0.504. The summed E-state index contributed by atoms with van der Waals surface area (Å²) in [6, 6.07) is 20.2. The van der Waals surface area contributed by atoms with E-state index in [-0.39, 0.29) is 22.8 Å². The molecule has 0 aromatic heterocycles. The van der Waals surface area contributed by atoms with E-state index in [1.165, 1.54) is 18.2 Å². The zero-order valence-corrected chi connectivity index (χ0v) is 19.2. The Balaban J connectivity index is 1.48. The number of nitrogens with one attached hydrogen (secondary N) is 1.